The van der Waals surface area contributed by atoms with Crippen molar-refractivity contribution in [2.24, 2.45) is 17.8 Å². The topological polar surface area (TPSA) is 15.3 Å². The molecule has 0 radical (unpaired) electrons. The van der Waals surface area contributed by atoms with Crippen LogP contribution in [-0.4, -0.2) is 35.6 Å². The van der Waals surface area contributed by atoms with Gasteiger partial charge in [0, 0.05) is 30.7 Å². The molecule has 21 heavy (non-hydrogen) atoms. The zero-order valence-electron chi connectivity index (χ0n) is 14.7. The average molecular weight is 293 g/mol. The van der Waals surface area contributed by atoms with Crippen LogP contribution >= 0.6 is 0 Å². The maximum Gasteiger partial charge on any atom is 0.0309 e. The van der Waals surface area contributed by atoms with Crippen LogP contribution in [0.1, 0.15) is 72.6 Å². The summed E-state index contributed by atoms with van der Waals surface area (Å²) in [5.41, 5.74) is 0.386. The van der Waals surface area contributed by atoms with Gasteiger partial charge >= 0.3 is 0 Å². The molecule has 1 saturated heterocycles. The number of nitrogens with one attached hydrogen (secondary N) is 1. The van der Waals surface area contributed by atoms with E-state index in [4.69, 9.17) is 0 Å². The first-order chi connectivity index (χ1) is 10.0. The second kappa shape index (κ2) is 6.20. The average Bonchev–Trinajstić information content (AvgIpc) is 3.26. The molecule has 0 spiro atoms. The van der Waals surface area contributed by atoms with Crippen molar-refractivity contribution in [3.8, 4) is 0 Å². The van der Waals surface area contributed by atoms with E-state index >= 15 is 0 Å². The van der Waals surface area contributed by atoms with Crippen LogP contribution in [0.2, 0.25) is 0 Å². The van der Waals surface area contributed by atoms with Gasteiger partial charge in [-0.1, -0.05) is 40.0 Å². The third-order valence-corrected chi connectivity index (χ3v) is 6.64. The predicted octanol–water partition coefficient (Wildman–Crippen LogP) is 4.05. The molecule has 4 unspecified atom stereocenters. The summed E-state index contributed by atoms with van der Waals surface area (Å²) in [6, 6.07) is 1.57. The van der Waals surface area contributed by atoms with Gasteiger partial charge in [0.15, 0.2) is 0 Å². The third kappa shape index (κ3) is 3.32. The van der Waals surface area contributed by atoms with Crippen LogP contribution in [0.5, 0.6) is 0 Å². The zero-order valence-corrected chi connectivity index (χ0v) is 14.7. The van der Waals surface area contributed by atoms with E-state index in [1.807, 2.05) is 0 Å². The van der Waals surface area contributed by atoms with Gasteiger partial charge in [0.2, 0.25) is 0 Å². The molecule has 0 aromatic carbocycles. The van der Waals surface area contributed by atoms with E-state index in [1.165, 1.54) is 58.0 Å². The largest absolute Gasteiger partial charge is 0.308 e. The number of nitrogens with zero attached hydrogens (tertiary/aromatic N) is 1. The first-order valence-corrected chi connectivity index (χ1v) is 9.52. The fraction of sp³-hybridized carbons (Fsp3) is 1.00. The molecule has 0 aromatic heterocycles. The summed E-state index contributed by atoms with van der Waals surface area (Å²) in [5.74, 6) is 2.58. The Labute approximate surface area is 132 Å². The molecular weight excluding hydrogens is 256 g/mol. The highest BCUT2D eigenvalue weighted by Gasteiger charge is 2.48. The summed E-state index contributed by atoms with van der Waals surface area (Å²) in [6.07, 6.45) is 10.1. The van der Waals surface area contributed by atoms with E-state index in [1.54, 1.807) is 0 Å². The molecule has 122 valence electrons. The molecule has 3 fully saturated rings. The molecule has 1 N–H and O–H groups in total. The van der Waals surface area contributed by atoms with Crippen molar-refractivity contribution in [1.82, 2.24) is 10.2 Å². The molecule has 2 heteroatoms. The Morgan fingerprint density at radius 3 is 2.43 bits per heavy atom. The lowest BCUT2D eigenvalue weighted by Gasteiger charge is -2.52. The van der Waals surface area contributed by atoms with Crippen LogP contribution in [0.3, 0.4) is 0 Å². The molecular formula is C19H36N2. The molecule has 2 aliphatic carbocycles. The normalized spacial score (nSPS) is 43.0. The number of rotatable bonds is 3. The molecule has 0 aromatic rings. The fourth-order valence-electron chi connectivity index (χ4n) is 4.95. The summed E-state index contributed by atoms with van der Waals surface area (Å²) < 4.78 is 0. The summed E-state index contributed by atoms with van der Waals surface area (Å²) in [4.78, 5) is 2.95. The number of piperazine rings is 1. The number of hydrogen-bond donors (Lipinski definition) is 1. The minimum absolute atomic E-state index is 0.386. The first kappa shape index (κ1) is 15.8. The molecule has 2 nitrogen and oxygen atoms in total. The Bertz CT molecular complexity index is 349. The maximum atomic E-state index is 3.95. The van der Waals surface area contributed by atoms with Crippen molar-refractivity contribution in [3.63, 3.8) is 0 Å². The summed E-state index contributed by atoms with van der Waals surface area (Å²) in [5, 5.41) is 3.95. The lowest BCUT2D eigenvalue weighted by atomic mass is 9.84. The summed E-state index contributed by atoms with van der Waals surface area (Å²) in [6.45, 7) is 12.3. The Morgan fingerprint density at radius 1 is 1.05 bits per heavy atom. The van der Waals surface area contributed by atoms with Crippen molar-refractivity contribution in [1.29, 1.82) is 0 Å². The Morgan fingerprint density at radius 2 is 1.76 bits per heavy atom. The second-order valence-electron chi connectivity index (χ2n) is 8.74. The maximum absolute atomic E-state index is 3.95. The van der Waals surface area contributed by atoms with Crippen LogP contribution in [-0.2, 0) is 0 Å². The summed E-state index contributed by atoms with van der Waals surface area (Å²) in [7, 11) is 0. The van der Waals surface area contributed by atoms with Gasteiger partial charge < -0.3 is 5.32 Å². The van der Waals surface area contributed by atoms with Gasteiger partial charge in [0.1, 0.15) is 0 Å². The first-order valence-electron chi connectivity index (χ1n) is 9.52. The second-order valence-corrected chi connectivity index (χ2v) is 8.74. The fourth-order valence-corrected chi connectivity index (χ4v) is 4.95. The van der Waals surface area contributed by atoms with E-state index in [0.29, 0.717) is 5.54 Å². The lowest BCUT2D eigenvalue weighted by Crippen LogP contribution is -2.67. The van der Waals surface area contributed by atoms with E-state index in [9.17, 15) is 0 Å². The highest BCUT2D eigenvalue weighted by Crippen LogP contribution is 2.43. The number of hydrogen-bond acceptors (Lipinski definition) is 2. The van der Waals surface area contributed by atoms with Crippen LogP contribution in [0, 0.1) is 17.8 Å². The summed E-state index contributed by atoms with van der Waals surface area (Å²) >= 11 is 0. The zero-order chi connectivity index (χ0) is 15.0. The van der Waals surface area contributed by atoms with Crippen molar-refractivity contribution >= 4 is 0 Å². The van der Waals surface area contributed by atoms with Crippen LogP contribution < -0.4 is 5.32 Å². The van der Waals surface area contributed by atoms with Crippen molar-refractivity contribution < 1.29 is 0 Å². The smallest absolute Gasteiger partial charge is 0.0309 e. The minimum atomic E-state index is 0.386. The van der Waals surface area contributed by atoms with Gasteiger partial charge in [-0.3, -0.25) is 4.90 Å². The molecule has 0 amide bonds. The van der Waals surface area contributed by atoms with Crippen molar-refractivity contribution in [2.75, 3.05) is 13.1 Å². The Balaban J connectivity index is 1.78. The minimum Gasteiger partial charge on any atom is -0.308 e. The third-order valence-electron chi connectivity index (χ3n) is 6.64. The molecule has 1 aliphatic heterocycles. The molecule has 3 rings (SSSR count). The lowest BCUT2D eigenvalue weighted by molar-refractivity contribution is -0.00191. The van der Waals surface area contributed by atoms with Gasteiger partial charge in [0.05, 0.1) is 0 Å². The van der Waals surface area contributed by atoms with Crippen LogP contribution in [0.4, 0.5) is 0 Å². The molecule has 4 atom stereocenters. The molecule has 3 aliphatic rings. The van der Waals surface area contributed by atoms with Gasteiger partial charge in [-0.05, 0) is 50.4 Å². The predicted molar refractivity (Wildman–Crippen MR) is 90.5 cm³/mol. The van der Waals surface area contributed by atoms with Gasteiger partial charge in [-0.2, -0.15) is 0 Å². The van der Waals surface area contributed by atoms with Gasteiger partial charge in [-0.25, -0.2) is 0 Å². The molecule has 0 bridgehead atoms. The SMILES string of the molecule is CC(C)C1CNC(C)(C2CC2)CN1C1CCCCCC1C. The van der Waals surface area contributed by atoms with Crippen molar-refractivity contribution in [3.05, 3.63) is 0 Å². The van der Waals surface area contributed by atoms with Crippen LogP contribution in [0.15, 0.2) is 0 Å². The van der Waals surface area contributed by atoms with Gasteiger partial charge in [-0.15, -0.1) is 0 Å². The highest BCUT2D eigenvalue weighted by atomic mass is 15.3. The highest BCUT2D eigenvalue weighted by molar-refractivity contribution is 5.06. The molecule has 1 heterocycles. The Hall–Kier alpha value is -0.0800. The van der Waals surface area contributed by atoms with Crippen molar-refractivity contribution in [2.45, 2.75) is 90.3 Å². The standard InChI is InChI=1S/C19H36N2/c1-14(2)18-12-20-19(4,16-10-11-16)13-21(18)17-9-7-5-6-8-15(17)3/h14-18,20H,5-13H2,1-4H3. The van der Waals surface area contributed by atoms with Crippen LogP contribution in [0.25, 0.3) is 0 Å². The van der Waals surface area contributed by atoms with Gasteiger partial charge in [0.25, 0.3) is 0 Å². The Kier molecular flexibility index (Phi) is 4.66. The monoisotopic (exact) mass is 292 g/mol. The van der Waals surface area contributed by atoms with E-state index < -0.39 is 0 Å². The van der Waals surface area contributed by atoms with E-state index in [2.05, 4.69) is 37.9 Å². The van der Waals surface area contributed by atoms with E-state index in [0.717, 1.165) is 29.8 Å². The molecule has 2 saturated carbocycles. The van der Waals surface area contributed by atoms with E-state index in [-0.39, 0.29) is 0 Å². The quantitative estimate of drug-likeness (QED) is 0.789.